The first-order chi connectivity index (χ1) is 8.28. The molecule has 0 saturated carbocycles. The van der Waals surface area contributed by atoms with E-state index < -0.39 is 36.8 Å². The summed E-state index contributed by atoms with van der Waals surface area (Å²) >= 11 is 4.41. The van der Waals surface area contributed by atoms with Gasteiger partial charge >= 0.3 is 12.4 Å². The molecule has 0 fully saturated rings. The van der Waals surface area contributed by atoms with E-state index in [0.717, 1.165) is 0 Å². The number of amides is 1. The van der Waals surface area contributed by atoms with E-state index in [9.17, 15) is 31.1 Å². The van der Waals surface area contributed by atoms with E-state index in [1.807, 2.05) is 0 Å². The van der Waals surface area contributed by atoms with Crippen LogP contribution >= 0.6 is 12.2 Å². The SMILES string of the molecule is CC(C)N(CC(N)=S)C(=O)C(C(F)(F)F)C(F)(F)F. The predicted octanol–water partition coefficient (Wildman–Crippen LogP) is 2.25. The molecule has 2 N–H and O–H groups in total. The van der Waals surface area contributed by atoms with Gasteiger partial charge in [0.1, 0.15) is 0 Å². The number of rotatable bonds is 4. The van der Waals surface area contributed by atoms with Crippen LogP contribution in [0.4, 0.5) is 26.3 Å². The van der Waals surface area contributed by atoms with Gasteiger partial charge in [-0.15, -0.1) is 0 Å². The Kier molecular flexibility index (Phi) is 5.60. The Hall–Kier alpha value is -1.06. The van der Waals surface area contributed by atoms with Crippen LogP contribution in [0.15, 0.2) is 0 Å². The van der Waals surface area contributed by atoms with Crippen LogP contribution < -0.4 is 5.73 Å². The first kappa shape index (κ1) is 17.9. The fourth-order valence-corrected chi connectivity index (χ4v) is 1.45. The molecule has 0 atom stereocenters. The Morgan fingerprint density at radius 1 is 1.16 bits per heavy atom. The quantitative estimate of drug-likeness (QED) is 0.640. The molecule has 3 nitrogen and oxygen atoms in total. The van der Waals surface area contributed by atoms with Gasteiger partial charge in [0.15, 0.2) is 0 Å². The molecule has 0 aromatic carbocycles. The number of nitrogens with zero attached hydrogens (tertiary/aromatic N) is 1. The highest BCUT2D eigenvalue weighted by atomic mass is 32.1. The molecule has 0 heterocycles. The normalized spacial score (nSPS) is 12.9. The Morgan fingerprint density at radius 2 is 1.53 bits per heavy atom. The molecule has 19 heavy (non-hydrogen) atoms. The second-order valence-corrected chi connectivity index (χ2v) is 4.57. The van der Waals surface area contributed by atoms with E-state index in [-0.39, 0.29) is 4.99 Å². The molecule has 0 aliphatic rings. The molecule has 0 spiro atoms. The predicted molar refractivity (Wildman–Crippen MR) is 59.2 cm³/mol. The Morgan fingerprint density at radius 3 is 1.74 bits per heavy atom. The number of halogens is 6. The topological polar surface area (TPSA) is 46.3 Å². The largest absolute Gasteiger partial charge is 0.409 e. The first-order valence-corrected chi connectivity index (χ1v) is 5.41. The molecule has 0 saturated heterocycles. The molecule has 0 radical (unpaired) electrons. The molecule has 112 valence electrons. The van der Waals surface area contributed by atoms with Crippen molar-refractivity contribution in [2.45, 2.75) is 32.2 Å². The number of hydrogen-bond acceptors (Lipinski definition) is 2. The lowest BCUT2D eigenvalue weighted by Crippen LogP contribution is -2.53. The van der Waals surface area contributed by atoms with E-state index in [2.05, 4.69) is 12.2 Å². The van der Waals surface area contributed by atoms with Crippen LogP contribution in [0.1, 0.15) is 13.8 Å². The van der Waals surface area contributed by atoms with Crippen molar-refractivity contribution in [2.75, 3.05) is 6.54 Å². The monoisotopic (exact) mass is 310 g/mol. The molecule has 0 aromatic heterocycles. The summed E-state index contributed by atoms with van der Waals surface area (Å²) in [6, 6.07) is -0.902. The Bertz CT molecular complexity index is 338. The highest BCUT2D eigenvalue weighted by molar-refractivity contribution is 7.80. The number of nitrogens with two attached hydrogens (primary N) is 1. The van der Waals surface area contributed by atoms with Gasteiger partial charge < -0.3 is 10.6 Å². The highest BCUT2D eigenvalue weighted by Crippen LogP contribution is 2.40. The lowest BCUT2D eigenvalue weighted by atomic mass is 10.1. The van der Waals surface area contributed by atoms with Gasteiger partial charge in [-0.25, -0.2) is 0 Å². The summed E-state index contributed by atoms with van der Waals surface area (Å²) in [4.78, 5) is 11.5. The Labute approximate surface area is 110 Å². The van der Waals surface area contributed by atoms with Gasteiger partial charge in [0.2, 0.25) is 11.8 Å². The summed E-state index contributed by atoms with van der Waals surface area (Å²) in [6.07, 6.45) is -11.4. The molecule has 0 aliphatic heterocycles. The third-order valence-electron chi connectivity index (χ3n) is 2.13. The smallest absolute Gasteiger partial charge is 0.392 e. The number of hydrogen-bond donors (Lipinski definition) is 1. The van der Waals surface area contributed by atoms with Crippen molar-refractivity contribution in [3.8, 4) is 0 Å². The fraction of sp³-hybridized carbons (Fsp3) is 0.778. The summed E-state index contributed by atoms with van der Waals surface area (Å²) in [5.74, 6) is -6.18. The lowest BCUT2D eigenvalue weighted by Gasteiger charge is -2.31. The zero-order valence-corrected chi connectivity index (χ0v) is 10.8. The van der Waals surface area contributed by atoms with E-state index in [1.165, 1.54) is 13.8 Å². The van der Waals surface area contributed by atoms with Crippen molar-refractivity contribution in [1.82, 2.24) is 4.90 Å². The number of thiocarbonyl (C=S) groups is 1. The standard InChI is InChI=1S/C9H12F6N2OS/c1-4(2)17(3-5(16)19)7(18)6(8(10,11)12)9(13,14)15/h4,6H,3H2,1-2H3,(H2,16,19). The van der Waals surface area contributed by atoms with E-state index in [1.54, 1.807) is 0 Å². The van der Waals surface area contributed by atoms with Crippen molar-refractivity contribution in [1.29, 1.82) is 0 Å². The van der Waals surface area contributed by atoms with Crippen LogP contribution in [0.3, 0.4) is 0 Å². The number of alkyl halides is 6. The average Bonchev–Trinajstić information content (AvgIpc) is 2.07. The third-order valence-corrected chi connectivity index (χ3v) is 2.26. The molecule has 0 rings (SSSR count). The molecule has 0 aromatic rings. The van der Waals surface area contributed by atoms with Crippen LogP contribution in [0.25, 0.3) is 0 Å². The van der Waals surface area contributed by atoms with E-state index in [0.29, 0.717) is 4.90 Å². The van der Waals surface area contributed by atoms with Crippen LogP contribution in [-0.2, 0) is 4.79 Å². The van der Waals surface area contributed by atoms with Crippen LogP contribution in [-0.4, -0.2) is 40.7 Å². The summed E-state index contributed by atoms with van der Waals surface area (Å²) in [7, 11) is 0. The zero-order chi connectivity index (χ0) is 15.6. The number of carbonyl (C=O) groups is 1. The van der Waals surface area contributed by atoms with Crippen molar-refractivity contribution in [2.24, 2.45) is 11.7 Å². The third kappa shape index (κ3) is 5.21. The maximum atomic E-state index is 12.4. The van der Waals surface area contributed by atoms with Gasteiger partial charge in [-0.3, -0.25) is 4.79 Å². The molecule has 1 amide bonds. The van der Waals surface area contributed by atoms with E-state index >= 15 is 0 Å². The highest BCUT2D eigenvalue weighted by Gasteiger charge is 2.62. The molecular formula is C9H12F6N2OS. The molecule has 0 unspecified atom stereocenters. The molecule has 0 aliphatic carbocycles. The molecule has 10 heteroatoms. The van der Waals surface area contributed by atoms with Gasteiger partial charge in [-0.1, -0.05) is 12.2 Å². The fourth-order valence-electron chi connectivity index (χ4n) is 1.31. The first-order valence-electron chi connectivity index (χ1n) is 5.00. The minimum atomic E-state index is -5.72. The molecular weight excluding hydrogens is 298 g/mol. The summed E-state index contributed by atoms with van der Waals surface area (Å²) in [5.41, 5.74) is 5.06. The minimum Gasteiger partial charge on any atom is -0.392 e. The minimum absolute atomic E-state index is 0.355. The average molecular weight is 310 g/mol. The lowest BCUT2D eigenvalue weighted by molar-refractivity contribution is -0.277. The zero-order valence-electron chi connectivity index (χ0n) is 9.97. The van der Waals surface area contributed by atoms with Crippen molar-refractivity contribution in [3.05, 3.63) is 0 Å². The molecule has 0 bridgehead atoms. The van der Waals surface area contributed by atoms with Crippen LogP contribution in [0, 0.1) is 5.92 Å². The second kappa shape index (κ2) is 5.93. The maximum Gasteiger partial charge on any atom is 0.409 e. The van der Waals surface area contributed by atoms with Gasteiger partial charge in [0, 0.05) is 6.04 Å². The maximum absolute atomic E-state index is 12.4. The summed E-state index contributed by atoms with van der Waals surface area (Å²) < 4.78 is 74.4. The van der Waals surface area contributed by atoms with Crippen LogP contribution in [0.5, 0.6) is 0 Å². The second-order valence-electron chi connectivity index (χ2n) is 4.04. The van der Waals surface area contributed by atoms with Gasteiger partial charge in [0.05, 0.1) is 11.5 Å². The summed E-state index contributed by atoms with van der Waals surface area (Å²) in [5, 5.41) is 0. The van der Waals surface area contributed by atoms with Gasteiger partial charge in [-0.2, -0.15) is 26.3 Å². The van der Waals surface area contributed by atoms with Crippen molar-refractivity contribution >= 4 is 23.1 Å². The van der Waals surface area contributed by atoms with Crippen LogP contribution in [0.2, 0.25) is 0 Å². The number of carbonyl (C=O) groups excluding carboxylic acids is 1. The van der Waals surface area contributed by atoms with Gasteiger partial charge in [0.25, 0.3) is 0 Å². The van der Waals surface area contributed by atoms with Crippen molar-refractivity contribution < 1.29 is 31.1 Å². The van der Waals surface area contributed by atoms with Crippen molar-refractivity contribution in [3.63, 3.8) is 0 Å². The van der Waals surface area contributed by atoms with E-state index in [4.69, 9.17) is 5.73 Å². The Balaban J connectivity index is 5.45. The van der Waals surface area contributed by atoms with Gasteiger partial charge in [-0.05, 0) is 13.8 Å². The summed E-state index contributed by atoms with van der Waals surface area (Å²) in [6.45, 7) is 1.88.